The molecule has 114 valence electrons. The zero-order valence-electron chi connectivity index (χ0n) is 11.5. The Morgan fingerprint density at radius 2 is 1.84 bits per heavy atom. The van der Waals surface area contributed by atoms with Gasteiger partial charge in [0.25, 0.3) is 0 Å². The fourth-order valence-electron chi connectivity index (χ4n) is 1.55. The third kappa shape index (κ3) is 5.16. The quantitative estimate of drug-likeness (QED) is 0.377. The normalized spacial score (nSPS) is 22.2. The molecule has 19 heavy (non-hydrogen) atoms. The molecule has 1 saturated heterocycles. The van der Waals surface area contributed by atoms with Gasteiger partial charge < -0.3 is 9.63 Å². The lowest BCUT2D eigenvalue weighted by atomic mass is 10.1. The van der Waals surface area contributed by atoms with Crippen LogP contribution in [-0.4, -0.2) is 65.1 Å². The summed E-state index contributed by atoms with van der Waals surface area (Å²) >= 11 is 11.5. The fraction of sp³-hybridized carbons (Fsp3) is 1.00. The maximum atomic E-state index is 13.0. The minimum Gasteiger partial charge on any atom is -0.393 e. The molecule has 1 aliphatic rings. The first-order chi connectivity index (χ1) is 8.95. The maximum absolute atomic E-state index is 13.0. The topological polar surface area (TPSA) is 52.8 Å². The molecule has 1 N–H and O–H groups in total. The zero-order valence-corrected chi connectivity index (χ0v) is 13.9. The first-order valence-electron chi connectivity index (χ1n) is 6.51. The van der Waals surface area contributed by atoms with Crippen LogP contribution in [0, 0.1) is 5.92 Å². The number of alkyl halides is 2. The Morgan fingerprint density at radius 3 is 2.21 bits per heavy atom. The lowest BCUT2D eigenvalue weighted by Gasteiger charge is -2.31. The van der Waals surface area contributed by atoms with E-state index in [4.69, 9.17) is 27.7 Å². The van der Waals surface area contributed by atoms with Gasteiger partial charge in [-0.05, 0) is 6.92 Å². The van der Waals surface area contributed by atoms with E-state index in [9.17, 15) is 9.67 Å². The Bertz CT molecular complexity index is 310. The van der Waals surface area contributed by atoms with Crippen LogP contribution in [-0.2, 0) is 9.09 Å². The van der Waals surface area contributed by atoms with Crippen LogP contribution in [0.5, 0.6) is 0 Å². The van der Waals surface area contributed by atoms with Crippen LogP contribution in [0.3, 0.4) is 0 Å². The van der Waals surface area contributed by atoms with Gasteiger partial charge in [0.2, 0.25) is 0 Å². The average Bonchev–Trinajstić information content (AvgIpc) is 3.19. The summed E-state index contributed by atoms with van der Waals surface area (Å²) in [6.07, 6.45) is -0.489. The van der Waals surface area contributed by atoms with Gasteiger partial charge in [0, 0.05) is 43.9 Å². The molecular weight excluding hydrogens is 310 g/mol. The van der Waals surface area contributed by atoms with Crippen molar-refractivity contribution in [2.24, 2.45) is 5.92 Å². The summed E-state index contributed by atoms with van der Waals surface area (Å²) in [5.41, 5.74) is 0. The predicted octanol–water partition coefficient (Wildman–Crippen LogP) is 2.22. The van der Waals surface area contributed by atoms with Gasteiger partial charge in [0.1, 0.15) is 0 Å². The van der Waals surface area contributed by atoms with E-state index < -0.39 is 13.8 Å². The van der Waals surface area contributed by atoms with Crippen LogP contribution in [0.1, 0.15) is 13.8 Å². The molecular formula is C11H23Cl2N2O3P. The van der Waals surface area contributed by atoms with Crippen molar-refractivity contribution >= 4 is 30.9 Å². The van der Waals surface area contributed by atoms with E-state index in [1.165, 1.54) is 0 Å². The van der Waals surface area contributed by atoms with Crippen molar-refractivity contribution < 1.29 is 14.2 Å². The van der Waals surface area contributed by atoms with Crippen LogP contribution in [0.2, 0.25) is 0 Å². The van der Waals surface area contributed by atoms with E-state index in [1.807, 2.05) is 6.92 Å². The molecule has 3 unspecified atom stereocenters. The molecule has 0 aromatic heterocycles. The highest BCUT2D eigenvalue weighted by Gasteiger charge is 2.44. The number of aliphatic hydroxyl groups is 1. The highest BCUT2D eigenvalue weighted by molar-refractivity contribution is 7.54. The Labute approximate surface area is 125 Å². The molecule has 0 spiro atoms. The van der Waals surface area contributed by atoms with Crippen molar-refractivity contribution in [1.82, 2.24) is 9.34 Å². The van der Waals surface area contributed by atoms with Gasteiger partial charge in [-0.3, -0.25) is 4.57 Å². The standard InChI is InChI=1S/C11H23Cl2N2O3P/c1-10(11(2)16)9-18-19(17,15-7-8-15)14(5-3-12)6-4-13/h10-11,16H,3-9H2,1-2H3. The Balaban J connectivity index is 2.69. The molecule has 1 heterocycles. The van der Waals surface area contributed by atoms with Gasteiger partial charge in [0.05, 0.1) is 12.7 Å². The highest BCUT2D eigenvalue weighted by Crippen LogP contribution is 2.58. The lowest BCUT2D eigenvalue weighted by molar-refractivity contribution is 0.0932. The van der Waals surface area contributed by atoms with Crippen molar-refractivity contribution in [2.45, 2.75) is 20.0 Å². The van der Waals surface area contributed by atoms with Crippen molar-refractivity contribution in [3.05, 3.63) is 0 Å². The monoisotopic (exact) mass is 332 g/mol. The van der Waals surface area contributed by atoms with Crippen molar-refractivity contribution in [1.29, 1.82) is 0 Å². The molecule has 1 rings (SSSR count). The minimum atomic E-state index is -3.03. The average molecular weight is 333 g/mol. The molecule has 5 nitrogen and oxygen atoms in total. The van der Waals surface area contributed by atoms with Crippen molar-refractivity contribution in [3.63, 3.8) is 0 Å². The van der Waals surface area contributed by atoms with Gasteiger partial charge >= 0.3 is 7.67 Å². The number of nitrogens with zero attached hydrogens (tertiary/aromatic N) is 2. The molecule has 0 aliphatic carbocycles. The third-order valence-corrected chi connectivity index (χ3v) is 6.21. The van der Waals surface area contributed by atoms with Crippen LogP contribution >= 0.6 is 30.9 Å². The van der Waals surface area contributed by atoms with Crippen molar-refractivity contribution in [3.8, 4) is 0 Å². The maximum Gasteiger partial charge on any atom is 0.346 e. The molecule has 0 aromatic carbocycles. The van der Waals surface area contributed by atoms with E-state index in [0.717, 1.165) is 13.1 Å². The second-order valence-electron chi connectivity index (χ2n) is 4.79. The van der Waals surface area contributed by atoms with Crippen molar-refractivity contribution in [2.75, 3.05) is 44.5 Å². The van der Waals surface area contributed by atoms with Crippen LogP contribution < -0.4 is 0 Å². The second-order valence-corrected chi connectivity index (χ2v) is 7.92. The molecule has 3 atom stereocenters. The number of halogens is 2. The second kappa shape index (κ2) is 8.18. The van der Waals surface area contributed by atoms with Gasteiger partial charge in [-0.25, -0.2) is 9.34 Å². The molecule has 8 heteroatoms. The van der Waals surface area contributed by atoms with E-state index in [2.05, 4.69) is 0 Å². The van der Waals surface area contributed by atoms with E-state index in [-0.39, 0.29) is 12.5 Å². The van der Waals surface area contributed by atoms with E-state index >= 15 is 0 Å². The van der Waals surface area contributed by atoms with Gasteiger partial charge in [-0.1, -0.05) is 6.92 Å². The molecule has 0 aromatic rings. The Kier molecular flexibility index (Phi) is 7.62. The van der Waals surface area contributed by atoms with Gasteiger partial charge in [-0.15, -0.1) is 23.2 Å². The first kappa shape index (κ1) is 17.7. The first-order valence-corrected chi connectivity index (χ1v) is 9.11. The Hall–Kier alpha value is 0.650. The van der Waals surface area contributed by atoms with Crippen LogP contribution in [0.25, 0.3) is 0 Å². The number of aliphatic hydroxyl groups excluding tert-OH is 1. The molecule has 0 amide bonds. The summed E-state index contributed by atoms with van der Waals surface area (Å²) in [5, 5.41) is 9.48. The molecule has 0 bridgehead atoms. The third-order valence-electron chi connectivity index (χ3n) is 3.15. The summed E-state index contributed by atoms with van der Waals surface area (Å²) in [7, 11) is -3.03. The summed E-state index contributed by atoms with van der Waals surface area (Å²) in [4.78, 5) is 0. The SMILES string of the molecule is CC(O)C(C)COP(=O)(N(CCCl)CCCl)N1CC1. The molecule has 0 saturated carbocycles. The molecule has 1 fully saturated rings. The minimum absolute atomic E-state index is 0.0675. The summed E-state index contributed by atoms with van der Waals surface area (Å²) < 4.78 is 22.2. The summed E-state index contributed by atoms with van der Waals surface area (Å²) in [5.74, 6) is 0.691. The largest absolute Gasteiger partial charge is 0.393 e. The number of hydrogen-bond acceptors (Lipinski definition) is 3. The van der Waals surface area contributed by atoms with Gasteiger partial charge in [-0.2, -0.15) is 0 Å². The fourth-order valence-corrected chi connectivity index (χ4v) is 4.61. The Morgan fingerprint density at radius 1 is 1.32 bits per heavy atom. The molecule has 0 radical (unpaired) electrons. The highest BCUT2D eigenvalue weighted by atomic mass is 35.5. The predicted molar refractivity (Wildman–Crippen MR) is 79.0 cm³/mol. The van der Waals surface area contributed by atoms with Crippen LogP contribution in [0.4, 0.5) is 0 Å². The number of rotatable bonds is 10. The summed E-state index contributed by atoms with van der Waals surface area (Å²) in [6, 6.07) is 0. The van der Waals surface area contributed by atoms with E-state index in [1.54, 1.807) is 16.3 Å². The number of hydrogen-bond donors (Lipinski definition) is 1. The molecule has 1 aliphatic heterocycles. The summed E-state index contributed by atoms with van der Waals surface area (Å²) in [6.45, 7) is 6.31. The zero-order chi connectivity index (χ0) is 14.5. The van der Waals surface area contributed by atoms with Gasteiger partial charge in [0.15, 0.2) is 0 Å². The van der Waals surface area contributed by atoms with Crippen LogP contribution in [0.15, 0.2) is 0 Å². The van der Waals surface area contributed by atoms with E-state index in [0.29, 0.717) is 24.8 Å². The lowest BCUT2D eigenvalue weighted by Crippen LogP contribution is -2.30. The smallest absolute Gasteiger partial charge is 0.346 e.